The van der Waals surface area contributed by atoms with E-state index < -0.39 is 0 Å². The van der Waals surface area contributed by atoms with Gasteiger partial charge in [0.2, 0.25) is 0 Å². The summed E-state index contributed by atoms with van der Waals surface area (Å²) in [5.74, 6) is 0.308. The first kappa shape index (κ1) is 15.7. The highest BCUT2D eigenvalue weighted by atomic mass is 16.5. The van der Waals surface area contributed by atoms with Crippen molar-refractivity contribution in [3.05, 3.63) is 23.7 Å². The number of furan rings is 1. The van der Waals surface area contributed by atoms with Gasteiger partial charge in [0.25, 0.3) is 0 Å². The monoisotopic (exact) mass is 269 g/mol. The molecule has 0 amide bonds. The van der Waals surface area contributed by atoms with Crippen LogP contribution in [0, 0.1) is 0 Å². The lowest BCUT2D eigenvalue weighted by atomic mass is 10.2. The molecule has 0 atom stereocenters. The molecule has 0 unspecified atom stereocenters. The summed E-state index contributed by atoms with van der Waals surface area (Å²) in [6, 6.07) is 1.65. The molecule has 0 saturated heterocycles. The lowest BCUT2D eigenvalue weighted by molar-refractivity contribution is 0.0522. The van der Waals surface area contributed by atoms with Crippen LogP contribution in [0.5, 0.6) is 0 Å². The zero-order valence-electron chi connectivity index (χ0n) is 11.7. The van der Waals surface area contributed by atoms with Crippen molar-refractivity contribution in [2.75, 3.05) is 26.8 Å². The van der Waals surface area contributed by atoms with Crippen LogP contribution in [0.3, 0.4) is 0 Å². The molecule has 0 spiro atoms. The van der Waals surface area contributed by atoms with E-state index in [1.165, 1.54) is 6.26 Å². The number of carbonyl (C=O) groups is 1. The summed E-state index contributed by atoms with van der Waals surface area (Å²) in [5.41, 5.74) is 0.504. The number of nitrogens with zero attached hydrogens (tertiary/aromatic N) is 1. The third-order valence-corrected chi connectivity index (χ3v) is 2.85. The van der Waals surface area contributed by atoms with Crippen molar-refractivity contribution in [2.45, 2.75) is 32.7 Å². The molecule has 1 aromatic heterocycles. The second-order valence-corrected chi connectivity index (χ2v) is 4.50. The van der Waals surface area contributed by atoms with Gasteiger partial charge in [-0.3, -0.25) is 4.90 Å². The van der Waals surface area contributed by atoms with E-state index in [0.717, 1.165) is 25.8 Å². The standard InChI is InChI=1S/C14H23NO4/c1-3-18-14(17)12-7-10-19-13(12)11-15(2)8-5-4-6-9-16/h7,10,16H,3-6,8-9,11H2,1-2H3. The van der Waals surface area contributed by atoms with Gasteiger partial charge in [-0.1, -0.05) is 0 Å². The van der Waals surface area contributed by atoms with Crippen molar-refractivity contribution >= 4 is 5.97 Å². The van der Waals surface area contributed by atoms with Crippen LogP contribution in [0.25, 0.3) is 0 Å². The average molecular weight is 269 g/mol. The van der Waals surface area contributed by atoms with Crippen LogP contribution in [-0.2, 0) is 11.3 Å². The van der Waals surface area contributed by atoms with Crippen molar-refractivity contribution in [3.63, 3.8) is 0 Å². The van der Waals surface area contributed by atoms with Crippen molar-refractivity contribution in [2.24, 2.45) is 0 Å². The molecule has 0 fully saturated rings. The largest absolute Gasteiger partial charge is 0.467 e. The zero-order chi connectivity index (χ0) is 14.1. The zero-order valence-corrected chi connectivity index (χ0v) is 11.7. The molecule has 0 radical (unpaired) electrons. The predicted octanol–water partition coefficient (Wildman–Crippen LogP) is 2.05. The fraction of sp³-hybridized carbons (Fsp3) is 0.643. The summed E-state index contributed by atoms with van der Waals surface area (Å²) < 4.78 is 10.3. The van der Waals surface area contributed by atoms with Gasteiger partial charge in [-0.2, -0.15) is 0 Å². The van der Waals surface area contributed by atoms with Gasteiger partial charge in [0.1, 0.15) is 11.3 Å². The summed E-state index contributed by atoms with van der Waals surface area (Å²) in [6.07, 6.45) is 4.38. The fourth-order valence-electron chi connectivity index (χ4n) is 1.85. The average Bonchev–Trinajstić information content (AvgIpc) is 2.83. The Labute approximate surface area is 114 Å². The molecule has 1 rings (SSSR count). The lowest BCUT2D eigenvalue weighted by Crippen LogP contribution is -2.20. The van der Waals surface area contributed by atoms with E-state index in [1.54, 1.807) is 13.0 Å². The van der Waals surface area contributed by atoms with Crippen molar-refractivity contribution in [3.8, 4) is 0 Å². The van der Waals surface area contributed by atoms with Crippen molar-refractivity contribution < 1.29 is 19.1 Å². The Morgan fingerprint density at radius 1 is 1.42 bits per heavy atom. The van der Waals surface area contributed by atoms with Crippen LogP contribution >= 0.6 is 0 Å². The van der Waals surface area contributed by atoms with Gasteiger partial charge >= 0.3 is 5.97 Å². The molecular weight excluding hydrogens is 246 g/mol. The van der Waals surface area contributed by atoms with E-state index in [9.17, 15) is 4.79 Å². The highest BCUT2D eigenvalue weighted by Gasteiger charge is 2.16. The summed E-state index contributed by atoms with van der Waals surface area (Å²) >= 11 is 0. The fourth-order valence-corrected chi connectivity index (χ4v) is 1.85. The first-order chi connectivity index (χ1) is 9.19. The summed E-state index contributed by atoms with van der Waals surface area (Å²) in [4.78, 5) is 13.8. The Balaban J connectivity index is 2.43. The molecule has 0 aliphatic heterocycles. The molecule has 5 heteroatoms. The maximum atomic E-state index is 11.7. The number of unbranched alkanes of at least 4 members (excludes halogenated alkanes) is 2. The highest BCUT2D eigenvalue weighted by molar-refractivity contribution is 5.90. The number of ether oxygens (including phenoxy) is 1. The molecule has 0 aliphatic rings. The molecule has 1 heterocycles. The molecule has 0 bridgehead atoms. The van der Waals surface area contributed by atoms with Crippen LogP contribution in [0.1, 0.15) is 42.3 Å². The normalized spacial score (nSPS) is 10.9. The van der Waals surface area contributed by atoms with Gasteiger partial charge in [0.15, 0.2) is 0 Å². The Morgan fingerprint density at radius 2 is 2.21 bits per heavy atom. The summed E-state index contributed by atoms with van der Waals surface area (Å²) in [7, 11) is 1.98. The van der Waals surface area contributed by atoms with E-state index in [4.69, 9.17) is 14.3 Å². The second-order valence-electron chi connectivity index (χ2n) is 4.50. The first-order valence-corrected chi connectivity index (χ1v) is 6.72. The predicted molar refractivity (Wildman–Crippen MR) is 71.9 cm³/mol. The number of carbonyl (C=O) groups excluding carboxylic acids is 1. The Kier molecular flexibility index (Phi) is 7.22. The number of esters is 1. The van der Waals surface area contributed by atoms with Crippen LogP contribution in [0.15, 0.2) is 16.7 Å². The molecule has 0 aromatic carbocycles. The van der Waals surface area contributed by atoms with Crippen LogP contribution in [0.4, 0.5) is 0 Å². The highest BCUT2D eigenvalue weighted by Crippen LogP contribution is 2.14. The van der Waals surface area contributed by atoms with Crippen molar-refractivity contribution in [1.82, 2.24) is 4.90 Å². The van der Waals surface area contributed by atoms with Crippen LogP contribution < -0.4 is 0 Å². The topological polar surface area (TPSA) is 62.9 Å². The van der Waals surface area contributed by atoms with E-state index in [1.807, 2.05) is 7.05 Å². The molecule has 1 aromatic rings. The number of aliphatic hydroxyl groups excluding tert-OH is 1. The molecule has 0 aliphatic carbocycles. The molecule has 1 N–H and O–H groups in total. The third-order valence-electron chi connectivity index (χ3n) is 2.85. The molecule has 5 nitrogen and oxygen atoms in total. The molecular formula is C14H23NO4. The smallest absolute Gasteiger partial charge is 0.341 e. The van der Waals surface area contributed by atoms with E-state index >= 15 is 0 Å². The van der Waals surface area contributed by atoms with Crippen LogP contribution in [0.2, 0.25) is 0 Å². The number of hydrogen-bond donors (Lipinski definition) is 1. The summed E-state index contributed by atoms with van der Waals surface area (Å²) in [6.45, 7) is 3.88. The number of rotatable bonds is 9. The van der Waals surface area contributed by atoms with Gasteiger partial charge in [-0.25, -0.2) is 4.79 Å². The number of aliphatic hydroxyl groups is 1. The van der Waals surface area contributed by atoms with Gasteiger partial charge < -0.3 is 14.3 Å². The Morgan fingerprint density at radius 3 is 2.89 bits per heavy atom. The van der Waals surface area contributed by atoms with Gasteiger partial charge in [-0.05, 0) is 45.8 Å². The van der Waals surface area contributed by atoms with E-state index in [0.29, 0.717) is 24.5 Å². The second kappa shape index (κ2) is 8.72. The van der Waals surface area contributed by atoms with Crippen LogP contribution in [-0.4, -0.2) is 42.8 Å². The molecule has 19 heavy (non-hydrogen) atoms. The van der Waals surface area contributed by atoms with Gasteiger partial charge in [0.05, 0.1) is 19.4 Å². The van der Waals surface area contributed by atoms with Gasteiger partial charge in [0, 0.05) is 6.61 Å². The third kappa shape index (κ3) is 5.44. The molecule has 108 valence electrons. The minimum absolute atomic E-state index is 0.245. The van der Waals surface area contributed by atoms with Gasteiger partial charge in [-0.15, -0.1) is 0 Å². The minimum Gasteiger partial charge on any atom is -0.467 e. The number of hydrogen-bond acceptors (Lipinski definition) is 5. The Bertz CT molecular complexity index is 375. The maximum absolute atomic E-state index is 11.7. The Hall–Kier alpha value is -1.33. The molecule has 0 saturated carbocycles. The maximum Gasteiger partial charge on any atom is 0.341 e. The summed E-state index contributed by atoms with van der Waals surface area (Å²) in [5, 5.41) is 8.71. The van der Waals surface area contributed by atoms with E-state index in [-0.39, 0.29) is 12.6 Å². The minimum atomic E-state index is -0.333. The quantitative estimate of drug-likeness (QED) is 0.549. The SMILES string of the molecule is CCOC(=O)c1ccoc1CN(C)CCCCCO. The first-order valence-electron chi connectivity index (χ1n) is 6.72. The lowest BCUT2D eigenvalue weighted by Gasteiger charge is -2.15. The van der Waals surface area contributed by atoms with Crippen molar-refractivity contribution in [1.29, 1.82) is 0 Å². The van der Waals surface area contributed by atoms with E-state index in [2.05, 4.69) is 4.90 Å².